The van der Waals surface area contributed by atoms with Gasteiger partial charge in [-0.15, -0.1) is 6.58 Å². The van der Waals surface area contributed by atoms with Crippen molar-refractivity contribution in [3.05, 3.63) is 12.7 Å². The molecule has 0 atom stereocenters. The van der Waals surface area contributed by atoms with Crippen LogP contribution >= 0.6 is 0 Å². The highest BCUT2D eigenvalue weighted by molar-refractivity contribution is 6.32. The summed E-state index contributed by atoms with van der Waals surface area (Å²) < 4.78 is 4.41. The van der Waals surface area contributed by atoms with Crippen LogP contribution in [0, 0.1) is 0 Å². The van der Waals surface area contributed by atoms with Gasteiger partial charge in [-0.1, -0.05) is 6.08 Å². The monoisotopic (exact) mass is 130 g/mol. The van der Waals surface area contributed by atoms with Gasteiger partial charge in [-0.3, -0.25) is 0 Å². The Kier molecular flexibility index (Phi) is 5.61. The molecule has 0 unspecified atom stereocenters. The second kappa shape index (κ2) is 5.82. The molecular weight excluding hydrogens is 119 g/mol. The van der Waals surface area contributed by atoms with Gasteiger partial charge in [-0.05, 0) is 12.8 Å². The molecule has 0 aromatic carbocycles. The van der Waals surface area contributed by atoms with Gasteiger partial charge in [0.1, 0.15) is 0 Å². The number of hydrogen-bond acceptors (Lipinski definition) is 3. The molecule has 0 fully saturated rings. The quantitative estimate of drug-likeness (QED) is 0.311. The lowest BCUT2D eigenvalue weighted by Gasteiger charge is -1.98. The first-order valence-corrected chi connectivity index (χ1v) is 2.86. The minimum atomic E-state index is -1.63. The fraction of sp³-hybridized carbons (Fsp3) is 0.600. The van der Waals surface area contributed by atoms with Crippen LogP contribution in [-0.4, -0.2) is 24.0 Å². The molecule has 52 valence electrons. The smallest absolute Gasteiger partial charge is 0.402 e. The zero-order valence-electron chi connectivity index (χ0n) is 5.29. The summed E-state index contributed by atoms with van der Waals surface area (Å²) in [7, 11) is -1.63. The van der Waals surface area contributed by atoms with Crippen molar-refractivity contribution < 1.29 is 14.7 Å². The third-order valence-corrected chi connectivity index (χ3v) is 0.820. The molecule has 0 spiro atoms. The fourth-order valence-electron chi connectivity index (χ4n) is 0.416. The topological polar surface area (TPSA) is 49.7 Å². The summed E-state index contributed by atoms with van der Waals surface area (Å²) in [6, 6.07) is 0. The Labute approximate surface area is 55.1 Å². The number of hydrogen-bond donors (Lipinski definition) is 2. The standard InChI is InChI=1S/C5H11BO3/c1-2-3-4-5-9-6(7)8/h2,7-8H,1,3-5H2. The van der Waals surface area contributed by atoms with Crippen LogP contribution in [0.4, 0.5) is 0 Å². The van der Waals surface area contributed by atoms with Crippen molar-refractivity contribution in [1.82, 2.24) is 0 Å². The molecule has 0 aliphatic carbocycles. The normalized spacial score (nSPS) is 9.11. The van der Waals surface area contributed by atoms with Gasteiger partial charge in [-0.2, -0.15) is 0 Å². The van der Waals surface area contributed by atoms with Crippen molar-refractivity contribution in [3.63, 3.8) is 0 Å². The van der Waals surface area contributed by atoms with Crippen LogP contribution in [0.1, 0.15) is 12.8 Å². The fourth-order valence-corrected chi connectivity index (χ4v) is 0.416. The van der Waals surface area contributed by atoms with Crippen LogP contribution in [0.5, 0.6) is 0 Å². The van der Waals surface area contributed by atoms with Gasteiger partial charge < -0.3 is 14.7 Å². The number of unbranched alkanes of at least 4 members (excludes halogenated alkanes) is 1. The molecule has 0 radical (unpaired) electrons. The Balaban J connectivity index is 2.82. The number of rotatable bonds is 5. The molecule has 0 bridgehead atoms. The third kappa shape index (κ3) is 7.68. The third-order valence-electron chi connectivity index (χ3n) is 0.820. The summed E-state index contributed by atoms with van der Waals surface area (Å²) in [5.41, 5.74) is 0. The Morgan fingerprint density at radius 1 is 1.56 bits per heavy atom. The average molecular weight is 130 g/mol. The molecule has 0 saturated carbocycles. The van der Waals surface area contributed by atoms with Gasteiger partial charge in [0.15, 0.2) is 0 Å². The van der Waals surface area contributed by atoms with Gasteiger partial charge in [-0.25, -0.2) is 0 Å². The van der Waals surface area contributed by atoms with Crippen molar-refractivity contribution >= 4 is 7.32 Å². The highest BCUT2D eigenvalue weighted by Gasteiger charge is 2.05. The van der Waals surface area contributed by atoms with Gasteiger partial charge in [0.2, 0.25) is 0 Å². The van der Waals surface area contributed by atoms with Gasteiger partial charge >= 0.3 is 7.32 Å². The van der Waals surface area contributed by atoms with Crippen molar-refractivity contribution in [2.45, 2.75) is 12.8 Å². The van der Waals surface area contributed by atoms with Crippen molar-refractivity contribution in [3.8, 4) is 0 Å². The lowest BCUT2D eigenvalue weighted by molar-refractivity contribution is 0.184. The molecule has 0 aromatic rings. The van der Waals surface area contributed by atoms with E-state index in [-0.39, 0.29) is 0 Å². The van der Waals surface area contributed by atoms with Gasteiger partial charge in [0.05, 0.1) is 0 Å². The van der Waals surface area contributed by atoms with Crippen molar-refractivity contribution in [1.29, 1.82) is 0 Å². The van der Waals surface area contributed by atoms with E-state index in [2.05, 4.69) is 11.2 Å². The average Bonchev–Trinajstić information content (AvgIpc) is 1.80. The minimum Gasteiger partial charge on any atom is -0.402 e. The first-order chi connectivity index (χ1) is 4.27. The first kappa shape index (κ1) is 8.68. The summed E-state index contributed by atoms with van der Waals surface area (Å²) in [5.74, 6) is 0. The highest BCUT2D eigenvalue weighted by Crippen LogP contribution is 1.89. The molecule has 0 rings (SSSR count). The van der Waals surface area contributed by atoms with Gasteiger partial charge in [0.25, 0.3) is 0 Å². The van der Waals surface area contributed by atoms with Crippen molar-refractivity contribution in [2.75, 3.05) is 6.61 Å². The van der Waals surface area contributed by atoms with Crippen LogP contribution in [-0.2, 0) is 4.65 Å². The van der Waals surface area contributed by atoms with E-state index in [9.17, 15) is 0 Å². The highest BCUT2D eigenvalue weighted by atomic mass is 16.6. The lowest BCUT2D eigenvalue weighted by Crippen LogP contribution is -2.17. The largest absolute Gasteiger partial charge is 0.633 e. The first-order valence-electron chi connectivity index (χ1n) is 2.86. The second-order valence-electron chi connectivity index (χ2n) is 1.63. The summed E-state index contributed by atoms with van der Waals surface area (Å²) in [5, 5.41) is 16.3. The minimum absolute atomic E-state index is 0.365. The summed E-state index contributed by atoms with van der Waals surface area (Å²) >= 11 is 0. The maximum absolute atomic E-state index is 8.16. The summed E-state index contributed by atoms with van der Waals surface area (Å²) in [6.07, 6.45) is 3.38. The molecular formula is C5H11BO3. The molecule has 0 amide bonds. The zero-order chi connectivity index (χ0) is 7.11. The van der Waals surface area contributed by atoms with Crippen LogP contribution in [0.15, 0.2) is 12.7 Å². The molecule has 2 N–H and O–H groups in total. The molecule has 3 nitrogen and oxygen atoms in total. The Morgan fingerprint density at radius 3 is 2.67 bits per heavy atom. The molecule has 0 heterocycles. The summed E-state index contributed by atoms with van der Waals surface area (Å²) in [6.45, 7) is 3.86. The zero-order valence-corrected chi connectivity index (χ0v) is 5.29. The molecule has 4 heteroatoms. The summed E-state index contributed by atoms with van der Waals surface area (Å²) in [4.78, 5) is 0. The maximum Gasteiger partial charge on any atom is 0.633 e. The molecule has 9 heavy (non-hydrogen) atoms. The molecule has 0 saturated heterocycles. The predicted molar refractivity (Wildman–Crippen MR) is 35.6 cm³/mol. The van der Waals surface area contributed by atoms with E-state index in [1.165, 1.54) is 0 Å². The van der Waals surface area contributed by atoms with Crippen LogP contribution in [0.3, 0.4) is 0 Å². The van der Waals surface area contributed by atoms with Crippen molar-refractivity contribution in [2.24, 2.45) is 0 Å². The van der Waals surface area contributed by atoms with E-state index in [4.69, 9.17) is 10.0 Å². The Bertz CT molecular complexity index is 74.6. The lowest BCUT2D eigenvalue weighted by atomic mass is 10.2. The van der Waals surface area contributed by atoms with E-state index in [1.54, 1.807) is 6.08 Å². The predicted octanol–water partition coefficient (Wildman–Crippen LogP) is -0.0613. The van der Waals surface area contributed by atoms with Crippen LogP contribution in [0.25, 0.3) is 0 Å². The van der Waals surface area contributed by atoms with Crippen LogP contribution < -0.4 is 0 Å². The Hall–Kier alpha value is -0.315. The SMILES string of the molecule is C=CCCCOB(O)O. The molecule has 0 aliphatic heterocycles. The van der Waals surface area contributed by atoms with E-state index in [1.807, 2.05) is 0 Å². The molecule has 0 aromatic heterocycles. The maximum atomic E-state index is 8.16. The van der Waals surface area contributed by atoms with E-state index < -0.39 is 7.32 Å². The van der Waals surface area contributed by atoms with Crippen LogP contribution in [0.2, 0.25) is 0 Å². The molecule has 0 aliphatic rings. The van der Waals surface area contributed by atoms with E-state index in [0.717, 1.165) is 12.8 Å². The number of allylic oxidation sites excluding steroid dienone is 1. The Morgan fingerprint density at radius 2 is 2.22 bits per heavy atom. The second-order valence-corrected chi connectivity index (χ2v) is 1.63. The van der Waals surface area contributed by atoms with E-state index >= 15 is 0 Å². The van der Waals surface area contributed by atoms with E-state index in [0.29, 0.717) is 6.61 Å². The van der Waals surface area contributed by atoms with Gasteiger partial charge in [0, 0.05) is 6.61 Å².